The van der Waals surface area contributed by atoms with Crippen LogP contribution in [-0.2, 0) is 16.6 Å². The van der Waals surface area contributed by atoms with Crippen LogP contribution in [0.25, 0.3) is 0 Å². The zero-order valence-electron chi connectivity index (χ0n) is 11.1. The SMILES string of the molecule is NCc1ncccc1S(=O)(=O)N1CC2CCC(O)C2C1. The van der Waals surface area contributed by atoms with Crippen LogP contribution >= 0.6 is 0 Å². The molecule has 3 rings (SSSR count). The van der Waals surface area contributed by atoms with Gasteiger partial charge >= 0.3 is 0 Å². The largest absolute Gasteiger partial charge is 0.393 e. The summed E-state index contributed by atoms with van der Waals surface area (Å²) in [7, 11) is -3.57. The standard InChI is InChI=1S/C13H19N3O3S/c14-6-11-13(2-1-5-15-11)20(18,19)16-7-9-3-4-12(17)10(9)8-16/h1-2,5,9-10,12,17H,3-4,6-8,14H2. The Bertz CT molecular complexity index is 605. The minimum absolute atomic E-state index is 0.0720. The number of hydrogen-bond donors (Lipinski definition) is 2. The van der Waals surface area contributed by atoms with E-state index in [2.05, 4.69) is 4.98 Å². The van der Waals surface area contributed by atoms with Gasteiger partial charge in [-0.15, -0.1) is 0 Å². The maximum Gasteiger partial charge on any atom is 0.244 e. The van der Waals surface area contributed by atoms with Crippen molar-refractivity contribution in [1.82, 2.24) is 9.29 Å². The maximum atomic E-state index is 12.7. The van der Waals surface area contributed by atoms with Gasteiger partial charge < -0.3 is 10.8 Å². The van der Waals surface area contributed by atoms with Crippen molar-refractivity contribution in [3.05, 3.63) is 24.0 Å². The Kier molecular flexibility index (Phi) is 3.53. The van der Waals surface area contributed by atoms with Gasteiger partial charge in [-0.25, -0.2) is 8.42 Å². The molecule has 20 heavy (non-hydrogen) atoms. The highest BCUT2D eigenvalue weighted by Crippen LogP contribution is 2.40. The minimum atomic E-state index is -3.57. The fourth-order valence-corrected chi connectivity index (χ4v) is 5.06. The van der Waals surface area contributed by atoms with Crippen molar-refractivity contribution in [2.24, 2.45) is 17.6 Å². The first kappa shape index (κ1) is 13.9. The van der Waals surface area contributed by atoms with Crippen molar-refractivity contribution in [3.8, 4) is 0 Å². The number of nitrogens with zero attached hydrogens (tertiary/aromatic N) is 2. The second kappa shape index (κ2) is 5.07. The fourth-order valence-electron chi connectivity index (χ4n) is 3.34. The summed E-state index contributed by atoms with van der Waals surface area (Å²) in [5.41, 5.74) is 5.97. The maximum absolute atomic E-state index is 12.7. The third-order valence-electron chi connectivity index (χ3n) is 4.45. The lowest BCUT2D eigenvalue weighted by Gasteiger charge is -2.19. The van der Waals surface area contributed by atoms with E-state index in [1.807, 2.05) is 0 Å². The summed E-state index contributed by atoms with van der Waals surface area (Å²) in [4.78, 5) is 4.23. The molecule has 0 bridgehead atoms. The Hall–Kier alpha value is -1.02. The van der Waals surface area contributed by atoms with E-state index in [0.717, 1.165) is 12.8 Å². The highest BCUT2D eigenvalue weighted by Gasteiger charge is 2.46. The molecule has 3 unspecified atom stereocenters. The van der Waals surface area contributed by atoms with Crippen molar-refractivity contribution in [1.29, 1.82) is 0 Å². The zero-order valence-corrected chi connectivity index (χ0v) is 12.0. The minimum Gasteiger partial charge on any atom is -0.393 e. The first-order chi connectivity index (χ1) is 9.54. The van der Waals surface area contributed by atoms with Gasteiger partial charge in [0, 0.05) is 31.7 Å². The third-order valence-corrected chi connectivity index (χ3v) is 6.35. The van der Waals surface area contributed by atoms with E-state index >= 15 is 0 Å². The van der Waals surface area contributed by atoms with E-state index in [9.17, 15) is 13.5 Å². The van der Waals surface area contributed by atoms with Crippen molar-refractivity contribution < 1.29 is 13.5 Å². The number of pyridine rings is 1. The van der Waals surface area contributed by atoms with Crippen LogP contribution < -0.4 is 5.73 Å². The van der Waals surface area contributed by atoms with Gasteiger partial charge in [0.05, 0.1) is 11.8 Å². The second-order valence-corrected chi connectivity index (χ2v) is 7.45. The van der Waals surface area contributed by atoms with Gasteiger partial charge in [0.1, 0.15) is 4.90 Å². The molecular weight excluding hydrogens is 278 g/mol. The molecule has 2 aliphatic rings. The predicted octanol–water partition coefficient (Wildman–Crippen LogP) is -0.0683. The van der Waals surface area contributed by atoms with Gasteiger partial charge in [-0.2, -0.15) is 4.31 Å². The molecule has 1 aromatic rings. The topological polar surface area (TPSA) is 96.5 Å². The highest BCUT2D eigenvalue weighted by atomic mass is 32.2. The van der Waals surface area contributed by atoms with E-state index in [1.54, 1.807) is 18.3 Å². The van der Waals surface area contributed by atoms with Crippen LogP contribution in [0, 0.1) is 11.8 Å². The normalized spacial score (nSPS) is 30.6. The monoisotopic (exact) mass is 297 g/mol. The van der Waals surface area contributed by atoms with Gasteiger partial charge in [-0.3, -0.25) is 4.98 Å². The smallest absolute Gasteiger partial charge is 0.244 e. The van der Waals surface area contributed by atoms with Crippen LogP contribution in [0.5, 0.6) is 0 Å². The van der Waals surface area contributed by atoms with E-state index < -0.39 is 10.0 Å². The predicted molar refractivity (Wildman–Crippen MR) is 73.1 cm³/mol. The van der Waals surface area contributed by atoms with Crippen molar-refractivity contribution in [3.63, 3.8) is 0 Å². The van der Waals surface area contributed by atoms with Gasteiger partial charge in [0.15, 0.2) is 0 Å². The first-order valence-electron chi connectivity index (χ1n) is 6.86. The van der Waals surface area contributed by atoms with Crippen LogP contribution in [0.1, 0.15) is 18.5 Å². The number of nitrogens with two attached hydrogens (primary N) is 1. The van der Waals surface area contributed by atoms with Crippen LogP contribution in [0.4, 0.5) is 0 Å². The summed E-state index contributed by atoms with van der Waals surface area (Å²) < 4.78 is 26.9. The second-order valence-electron chi connectivity index (χ2n) is 5.54. The summed E-state index contributed by atoms with van der Waals surface area (Å²) in [5.74, 6) is 0.348. The van der Waals surface area contributed by atoms with Crippen LogP contribution in [0.2, 0.25) is 0 Å². The number of sulfonamides is 1. The molecular formula is C13H19N3O3S. The molecule has 1 aliphatic carbocycles. The van der Waals surface area contributed by atoms with E-state index in [1.165, 1.54) is 4.31 Å². The summed E-state index contributed by atoms with van der Waals surface area (Å²) in [6.45, 7) is 0.981. The van der Waals surface area contributed by atoms with Gasteiger partial charge in [-0.1, -0.05) is 0 Å². The Labute approximate surface area is 118 Å². The highest BCUT2D eigenvalue weighted by molar-refractivity contribution is 7.89. The molecule has 1 saturated carbocycles. The van der Waals surface area contributed by atoms with Gasteiger partial charge in [0.25, 0.3) is 0 Å². The van der Waals surface area contributed by atoms with Crippen molar-refractivity contribution in [2.75, 3.05) is 13.1 Å². The molecule has 7 heteroatoms. The lowest BCUT2D eigenvalue weighted by molar-refractivity contribution is 0.129. The molecule has 110 valence electrons. The molecule has 1 aliphatic heterocycles. The summed E-state index contributed by atoms with van der Waals surface area (Å²) in [6, 6.07) is 3.16. The number of aromatic nitrogens is 1. The molecule has 6 nitrogen and oxygen atoms in total. The summed E-state index contributed by atoms with van der Waals surface area (Å²) in [5, 5.41) is 9.90. The average Bonchev–Trinajstić information content (AvgIpc) is 3.02. The number of aliphatic hydroxyl groups excluding tert-OH is 1. The fraction of sp³-hybridized carbons (Fsp3) is 0.615. The van der Waals surface area contributed by atoms with Gasteiger partial charge in [-0.05, 0) is 30.9 Å². The lowest BCUT2D eigenvalue weighted by Crippen LogP contribution is -2.32. The summed E-state index contributed by atoms with van der Waals surface area (Å²) >= 11 is 0. The molecule has 1 saturated heterocycles. The lowest BCUT2D eigenvalue weighted by atomic mass is 10.00. The molecule has 0 radical (unpaired) electrons. The molecule has 1 aromatic heterocycles. The Morgan fingerprint density at radius 3 is 2.90 bits per heavy atom. The van der Waals surface area contributed by atoms with Gasteiger partial charge in [0.2, 0.25) is 10.0 Å². The molecule has 2 heterocycles. The van der Waals surface area contributed by atoms with E-state index in [0.29, 0.717) is 18.8 Å². The quantitative estimate of drug-likeness (QED) is 0.814. The molecule has 2 fully saturated rings. The van der Waals surface area contributed by atoms with Crippen LogP contribution in [0.15, 0.2) is 23.2 Å². The van der Waals surface area contributed by atoms with Crippen LogP contribution in [0.3, 0.4) is 0 Å². The van der Waals surface area contributed by atoms with E-state index in [-0.39, 0.29) is 29.4 Å². The average molecular weight is 297 g/mol. The first-order valence-corrected chi connectivity index (χ1v) is 8.30. The number of aliphatic hydroxyl groups is 1. The molecule has 0 aromatic carbocycles. The Morgan fingerprint density at radius 1 is 1.40 bits per heavy atom. The third kappa shape index (κ3) is 2.14. The molecule has 0 amide bonds. The number of fused-ring (bicyclic) bond motifs is 1. The Balaban J connectivity index is 1.90. The van der Waals surface area contributed by atoms with E-state index in [4.69, 9.17) is 5.73 Å². The number of rotatable bonds is 3. The zero-order chi connectivity index (χ0) is 14.3. The summed E-state index contributed by atoms with van der Waals surface area (Å²) in [6.07, 6.45) is 2.85. The molecule has 3 atom stereocenters. The van der Waals surface area contributed by atoms with Crippen LogP contribution in [-0.4, -0.2) is 42.0 Å². The number of hydrogen-bond acceptors (Lipinski definition) is 5. The van der Waals surface area contributed by atoms with Crippen molar-refractivity contribution >= 4 is 10.0 Å². The Morgan fingerprint density at radius 2 is 2.20 bits per heavy atom. The molecule has 0 spiro atoms. The van der Waals surface area contributed by atoms with Crippen molar-refractivity contribution in [2.45, 2.75) is 30.4 Å². The molecule has 3 N–H and O–H groups in total.